The maximum atomic E-state index is 8.37. The summed E-state index contributed by atoms with van der Waals surface area (Å²) in [5, 5.41) is 8.37. The van der Waals surface area contributed by atoms with E-state index in [4.69, 9.17) is 14.7 Å². The first-order valence-electron chi connectivity index (χ1n) is 5.11. The number of rotatable bonds is 6. The summed E-state index contributed by atoms with van der Waals surface area (Å²) in [5.41, 5.74) is 0. The Morgan fingerprint density at radius 3 is 2.81 bits per heavy atom. The summed E-state index contributed by atoms with van der Waals surface area (Å²) in [4.78, 5) is 0. The molecule has 0 saturated carbocycles. The van der Waals surface area contributed by atoms with E-state index in [1.807, 2.05) is 18.2 Å². The number of halogens is 1. The molecule has 1 aromatic rings. The Balaban J connectivity index is 2.40. The molecule has 0 aliphatic heterocycles. The zero-order valence-corrected chi connectivity index (χ0v) is 10.8. The molecule has 0 atom stereocenters. The average molecular weight is 284 g/mol. The van der Waals surface area contributed by atoms with Crippen LogP contribution in [0.3, 0.4) is 0 Å². The van der Waals surface area contributed by atoms with Gasteiger partial charge in [-0.05, 0) is 47.0 Å². The third-order valence-electron chi connectivity index (χ3n) is 2.08. The second kappa shape index (κ2) is 7.13. The fraction of sp³-hybridized carbons (Fsp3) is 0.417. The van der Waals surface area contributed by atoms with Gasteiger partial charge in [0.05, 0.1) is 24.3 Å². The molecule has 4 heteroatoms. The molecule has 0 aliphatic rings. The van der Waals surface area contributed by atoms with Crippen LogP contribution in [0.1, 0.15) is 19.3 Å². The lowest BCUT2D eigenvalue weighted by Crippen LogP contribution is -1.97. The molecule has 16 heavy (non-hydrogen) atoms. The number of ether oxygens (including phenoxy) is 2. The van der Waals surface area contributed by atoms with Crippen LogP contribution in [0.5, 0.6) is 11.5 Å². The lowest BCUT2D eigenvalue weighted by molar-refractivity contribution is 0.305. The van der Waals surface area contributed by atoms with E-state index in [-0.39, 0.29) is 0 Å². The van der Waals surface area contributed by atoms with Crippen molar-refractivity contribution in [1.82, 2.24) is 0 Å². The Morgan fingerprint density at radius 1 is 1.38 bits per heavy atom. The minimum absolute atomic E-state index is 0.590. The van der Waals surface area contributed by atoms with Crippen molar-refractivity contribution in [3.05, 3.63) is 22.7 Å². The molecule has 0 spiro atoms. The minimum atomic E-state index is 0.590. The van der Waals surface area contributed by atoms with Gasteiger partial charge >= 0.3 is 0 Å². The largest absolute Gasteiger partial charge is 0.497 e. The third-order valence-corrected chi connectivity index (χ3v) is 2.70. The number of unbranched alkanes of at least 4 members (excludes halogenated alkanes) is 2. The second-order valence-corrected chi connectivity index (χ2v) is 4.11. The maximum absolute atomic E-state index is 8.37. The summed E-state index contributed by atoms with van der Waals surface area (Å²) >= 11 is 3.41. The second-order valence-electron chi connectivity index (χ2n) is 3.26. The van der Waals surface area contributed by atoms with E-state index in [1.54, 1.807) is 7.11 Å². The molecule has 0 aromatic heterocycles. The van der Waals surface area contributed by atoms with E-state index in [0.717, 1.165) is 28.8 Å². The Kier molecular flexibility index (Phi) is 5.73. The molecule has 0 fully saturated rings. The van der Waals surface area contributed by atoms with E-state index >= 15 is 0 Å². The molecule has 0 amide bonds. The van der Waals surface area contributed by atoms with Crippen LogP contribution in [-0.2, 0) is 0 Å². The number of benzene rings is 1. The van der Waals surface area contributed by atoms with E-state index < -0.39 is 0 Å². The summed E-state index contributed by atoms with van der Waals surface area (Å²) < 4.78 is 11.5. The van der Waals surface area contributed by atoms with Gasteiger partial charge in [0.2, 0.25) is 0 Å². The highest BCUT2D eigenvalue weighted by molar-refractivity contribution is 9.10. The quantitative estimate of drug-likeness (QED) is 0.750. The van der Waals surface area contributed by atoms with Crippen LogP contribution < -0.4 is 9.47 Å². The van der Waals surface area contributed by atoms with Gasteiger partial charge in [-0.3, -0.25) is 0 Å². The standard InChI is InChI=1S/C12H14BrNO2/c1-15-10-5-6-12(11(13)9-10)16-8-4-2-3-7-14/h5-6,9H,2-4,8H2,1H3. The fourth-order valence-corrected chi connectivity index (χ4v) is 1.69. The Bertz CT molecular complexity index is 374. The first-order valence-corrected chi connectivity index (χ1v) is 5.90. The minimum Gasteiger partial charge on any atom is -0.497 e. The van der Waals surface area contributed by atoms with Gasteiger partial charge in [-0.25, -0.2) is 0 Å². The van der Waals surface area contributed by atoms with Gasteiger partial charge in [0.25, 0.3) is 0 Å². The monoisotopic (exact) mass is 283 g/mol. The summed E-state index contributed by atoms with van der Waals surface area (Å²) in [7, 11) is 1.63. The predicted molar refractivity (Wildman–Crippen MR) is 65.7 cm³/mol. The molecule has 1 aromatic carbocycles. The summed E-state index contributed by atoms with van der Waals surface area (Å²) in [6.07, 6.45) is 2.36. The van der Waals surface area contributed by atoms with E-state index in [2.05, 4.69) is 22.0 Å². The number of methoxy groups -OCH3 is 1. The molecule has 0 bridgehead atoms. The molecule has 1 rings (SSSR count). The average Bonchev–Trinajstić information content (AvgIpc) is 2.30. The van der Waals surface area contributed by atoms with Gasteiger partial charge < -0.3 is 9.47 Å². The number of nitriles is 1. The molecule has 0 saturated heterocycles. The van der Waals surface area contributed by atoms with Gasteiger partial charge in [-0.15, -0.1) is 0 Å². The number of nitrogens with zero attached hydrogens (tertiary/aromatic N) is 1. The van der Waals surface area contributed by atoms with Gasteiger partial charge in [0.1, 0.15) is 11.5 Å². The molecule has 0 N–H and O–H groups in total. The van der Waals surface area contributed by atoms with Crippen molar-refractivity contribution in [3.8, 4) is 17.6 Å². The van der Waals surface area contributed by atoms with Crippen molar-refractivity contribution < 1.29 is 9.47 Å². The first-order chi connectivity index (χ1) is 7.77. The van der Waals surface area contributed by atoms with Crippen molar-refractivity contribution in [1.29, 1.82) is 5.26 Å². The molecular formula is C12H14BrNO2. The van der Waals surface area contributed by atoms with Gasteiger partial charge in [-0.2, -0.15) is 5.26 Å². The summed E-state index contributed by atoms with van der Waals surface area (Å²) in [6.45, 7) is 0.632. The number of hydrogen-bond donors (Lipinski definition) is 0. The molecular weight excluding hydrogens is 270 g/mol. The Labute approximate surface area is 104 Å². The topological polar surface area (TPSA) is 42.2 Å². The Morgan fingerprint density at radius 2 is 2.19 bits per heavy atom. The summed E-state index contributed by atoms with van der Waals surface area (Å²) in [6, 6.07) is 7.70. The van der Waals surface area contributed by atoms with Gasteiger partial charge in [0, 0.05) is 6.42 Å². The molecule has 0 heterocycles. The lowest BCUT2D eigenvalue weighted by atomic mass is 10.2. The predicted octanol–water partition coefficient (Wildman–Crippen LogP) is 3.53. The summed E-state index contributed by atoms with van der Waals surface area (Å²) in [5.74, 6) is 1.60. The van der Waals surface area contributed by atoms with Crippen molar-refractivity contribution in [2.45, 2.75) is 19.3 Å². The first kappa shape index (κ1) is 12.9. The normalized spacial score (nSPS) is 9.56. The molecule has 3 nitrogen and oxygen atoms in total. The molecule has 86 valence electrons. The highest BCUT2D eigenvalue weighted by atomic mass is 79.9. The van der Waals surface area contributed by atoms with Crippen LogP contribution in [0, 0.1) is 11.3 Å². The van der Waals surface area contributed by atoms with Crippen LogP contribution in [0.25, 0.3) is 0 Å². The van der Waals surface area contributed by atoms with Crippen LogP contribution in [0.4, 0.5) is 0 Å². The van der Waals surface area contributed by atoms with Crippen molar-refractivity contribution >= 4 is 15.9 Å². The van der Waals surface area contributed by atoms with Crippen molar-refractivity contribution in [3.63, 3.8) is 0 Å². The smallest absolute Gasteiger partial charge is 0.133 e. The van der Waals surface area contributed by atoms with E-state index in [0.29, 0.717) is 13.0 Å². The van der Waals surface area contributed by atoms with E-state index in [9.17, 15) is 0 Å². The third kappa shape index (κ3) is 4.11. The van der Waals surface area contributed by atoms with E-state index in [1.165, 1.54) is 0 Å². The SMILES string of the molecule is COc1ccc(OCCCCC#N)c(Br)c1. The fourth-order valence-electron chi connectivity index (χ4n) is 1.21. The molecule has 0 radical (unpaired) electrons. The maximum Gasteiger partial charge on any atom is 0.133 e. The van der Waals surface area contributed by atoms with Crippen LogP contribution in [0.15, 0.2) is 22.7 Å². The Hall–Kier alpha value is -1.21. The lowest BCUT2D eigenvalue weighted by Gasteiger charge is -2.08. The highest BCUT2D eigenvalue weighted by Crippen LogP contribution is 2.29. The zero-order chi connectivity index (χ0) is 11.8. The van der Waals surface area contributed by atoms with Crippen molar-refractivity contribution in [2.24, 2.45) is 0 Å². The van der Waals surface area contributed by atoms with Gasteiger partial charge in [-0.1, -0.05) is 0 Å². The van der Waals surface area contributed by atoms with Crippen LogP contribution in [0.2, 0.25) is 0 Å². The molecule has 0 unspecified atom stereocenters. The zero-order valence-electron chi connectivity index (χ0n) is 9.20. The van der Waals surface area contributed by atoms with Crippen molar-refractivity contribution in [2.75, 3.05) is 13.7 Å². The molecule has 0 aliphatic carbocycles. The van der Waals surface area contributed by atoms with Crippen LogP contribution in [-0.4, -0.2) is 13.7 Å². The highest BCUT2D eigenvalue weighted by Gasteiger charge is 2.02. The number of hydrogen-bond acceptors (Lipinski definition) is 3. The van der Waals surface area contributed by atoms with Gasteiger partial charge in [0.15, 0.2) is 0 Å². The van der Waals surface area contributed by atoms with Crippen LogP contribution >= 0.6 is 15.9 Å².